The van der Waals surface area contributed by atoms with Crippen molar-refractivity contribution in [2.75, 3.05) is 41.3 Å². The van der Waals surface area contributed by atoms with E-state index in [-0.39, 0.29) is 0 Å². The van der Waals surface area contributed by atoms with Crippen LogP contribution in [0.4, 0.5) is 11.4 Å². The van der Waals surface area contributed by atoms with Gasteiger partial charge in [-0.3, -0.25) is 8.97 Å². The molecule has 2 aromatic carbocycles. The SMILES string of the molecule is CCCCCCCCCC[N+](C)(C)c1cccc2c([N+](C)(C)CCCCCCCCCC)cccc12. The standard InChI is InChI=1S/C34H60N2/c1-7-9-11-13-15-17-19-21-29-35(3,4)33-27-23-26-32-31(33)25-24-28-34(32)36(5,6)30-22-20-18-16-14-12-10-8-2/h23-28H,7-22,29-30H2,1-6H3/q+2. The molecule has 0 radical (unpaired) electrons. The molecule has 0 aliphatic carbocycles. The number of rotatable bonds is 20. The Bertz CT molecular complexity index is 780. The van der Waals surface area contributed by atoms with Crippen molar-refractivity contribution < 1.29 is 0 Å². The second-order valence-electron chi connectivity index (χ2n) is 12.4. The van der Waals surface area contributed by atoms with Gasteiger partial charge in [-0.1, -0.05) is 103 Å². The average Bonchev–Trinajstić information content (AvgIpc) is 2.86. The fourth-order valence-corrected chi connectivity index (χ4v) is 5.86. The molecule has 0 fully saturated rings. The quantitative estimate of drug-likeness (QED) is 0.126. The van der Waals surface area contributed by atoms with Crippen molar-refractivity contribution in [3.63, 3.8) is 0 Å². The van der Waals surface area contributed by atoms with Crippen molar-refractivity contribution in [1.29, 1.82) is 0 Å². The second kappa shape index (κ2) is 16.5. The van der Waals surface area contributed by atoms with Crippen LogP contribution in [-0.4, -0.2) is 41.3 Å². The molecule has 204 valence electrons. The Hall–Kier alpha value is -1.38. The lowest BCUT2D eigenvalue weighted by Gasteiger charge is -2.33. The first-order valence-electron chi connectivity index (χ1n) is 15.5. The Morgan fingerprint density at radius 1 is 0.417 bits per heavy atom. The van der Waals surface area contributed by atoms with Gasteiger partial charge in [0.15, 0.2) is 0 Å². The van der Waals surface area contributed by atoms with E-state index in [2.05, 4.69) is 78.4 Å². The number of fused-ring (bicyclic) bond motifs is 1. The zero-order valence-corrected chi connectivity index (χ0v) is 25.1. The highest BCUT2D eigenvalue weighted by Gasteiger charge is 2.26. The van der Waals surface area contributed by atoms with Crippen LogP contribution in [-0.2, 0) is 0 Å². The molecule has 2 nitrogen and oxygen atoms in total. The van der Waals surface area contributed by atoms with Crippen LogP contribution in [0.1, 0.15) is 117 Å². The lowest BCUT2D eigenvalue weighted by Crippen LogP contribution is -2.42. The van der Waals surface area contributed by atoms with Gasteiger partial charge in [0.1, 0.15) is 11.4 Å². The van der Waals surface area contributed by atoms with Crippen LogP contribution in [0.25, 0.3) is 10.8 Å². The lowest BCUT2D eigenvalue weighted by molar-refractivity contribution is 0.381. The summed E-state index contributed by atoms with van der Waals surface area (Å²) >= 11 is 0. The van der Waals surface area contributed by atoms with E-state index in [1.54, 1.807) is 0 Å². The van der Waals surface area contributed by atoms with Crippen molar-refractivity contribution in [3.8, 4) is 0 Å². The summed E-state index contributed by atoms with van der Waals surface area (Å²) in [7, 11) is 9.62. The van der Waals surface area contributed by atoms with E-state index in [1.807, 2.05) is 0 Å². The van der Waals surface area contributed by atoms with E-state index in [0.717, 1.165) is 8.97 Å². The molecule has 0 atom stereocenters. The molecule has 0 saturated heterocycles. The van der Waals surface area contributed by atoms with E-state index >= 15 is 0 Å². The summed E-state index contributed by atoms with van der Waals surface area (Å²) in [5, 5.41) is 2.89. The van der Waals surface area contributed by atoms with Crippen LogP contribution in [0.15, 0.2) is 36.4 Å². The molecule has 0 amide bonds. The average molecular weight is 497 g/mol. The summed E-state index contributed by atoms with van der Waals surface area (Å²) in [5.74, 6) is 0. The van der Waals surface area contributed by atoms with Gasteiger partial charge in [-0.05, 0) is 49.9 Å². The zero-order chi connectivity index (χ0) is 26.3. The van der Waals surface area contributed by atoms with Crippen molar-refractivity contribution in [1.82, 2.24) is 8.97 Å². The Labute approximate surface area is 225 Å². The van der Waals surface area contributed by atoms with E-state index < -0.39 is 0 Å². The van der Waals surface area contributed by atoms with Gasteiger partial charge < -0.3 is 0 Å². The molecule has 0 unspecified atom stereocenters. The predicted molar refractivity (Wildman–Crippen MR) is 166 cm³/mol. The van der Waals surface area contributed by atoms with Gasteiger partial charge in [0.25, 0.3) is 0 Å². The van der Waals surface area contributed by atoms with Crippen LogP contribution in [0, 0.1) is 0 Å². The summed E-state index contributed by atoms with van der Waals surface area (Å²) in [4.78, 5) is 0. The van der Waals surface area contributed by atoms with Crippen LogP contribution in [0.5, 0.6) is 0 Å². The van der Waals surface area contributed by atoms with Gasteiger partial charge >= 0.3 is 0 Å². The van der Waals surface area contributed by atoms with Crippen molar-refractivity contribution in [2.24, 2.45) is 0 Å². The highest BCUT2D eigenvalue weighted by molar-refractivity contribution is 6.00. The number of nitrogens with zero attached hydrogens (tertiary/aromatic N) is 2. The van der Waals surface area contributed by atoms with Gasteiger partial charge in [0.2, 0.25) is 0 Å². The molecular formula is C34H60N2+2. The summed E-state index contributed by atoms with van der Waals surface area (Å²) in [6, 6.07) is 14.1. The second-order valence-corrected chi connectivity index (χ2v) is 12.4. The third-order valence-corrected chi connectivity index (χ3v) is 8.32. The summed E-state index contributed by atoms with van der Waals surface area (Å²) in [6.07, 6.45) is 22.2. The Morgan fingerprint density at radius 3 is 1.06 bits per heavy atom. The summed E-state index contributed by atoms with van der Waals surface area (Å²) in [5.41, 5.74) is 2.95. The monoisotopic (exact) mass is 496 g/mol. The molecule has 0 spiro atoms. The molecule has 2 rings (SSSR count). The maximum atomic E-state index is 2.41. The fraction of sp³-hybridized carbons (Fsp3) is 0.706. The Balaban J connectivity index is 1.97. The van der Waals surface area contributed by atoms with Crippen LogP contribution >= 0.6 is 0 Å². The van der Waals surface area contributed by atoms with Gasteiger partial charge in [-0.25, -0.2) is 0 Å². The number of benzene rings is 2. The minimum Gasteiger partial charge on any atom is -0.295 e. The molecule has 0 heterocycles. The van der Waals surface area contributed by atoms with Crippen LogP contribution in [0.3, 0.4) is 0 Å². The number of unbranched alkanes of at least 4 members (excludes halogenated alkanes) is 14. The first kappa shape index (κ1) is 30.8. The van der Waals surface area contributed by atoms with Crippen molar-refractivity contribution >= 4 is 22.1 Å². The van der Waals surface area contributed by atoms with E-state index in [1.165, 1.54) is 138 Å². The molecule has 2 heteroatoms. The van der Waals surface area contributed by atoms with Gasteiger partial charge in [-0.2, -0.15) is 0 Å². The van der Waals surface area contributed by atoms with E-state index in [0.29, 0.717) is 0 Å². The van der Waals surface area contributed by atoms with Gasteiger partial charge in [0.05, 0.1) is 41.3 Å². The summed E-state index contributed by atoms with van der Waals surface area (Å²) in [6.45, 7) is 7.03. The largest absolute Gasteiger partial charge is 0.295 e. The summed E-state index contributed by atoms with van der Waals surface area (Å²) < 4.78 is 1.95. The molecule has 0 saturated carbocycles. The Morgan fingerprint density at radius 2 is 0.722 bits per heavy atom. The molecule has 0 aliphatic heterocycles. The zero-order valence-electron chi connectivity index (χ0n) is 25.1. The maximum absolute atomic E-state index is 2.41. The van der Waals surface area contributed by atoms with Crippen molar-refractivity contribution in [3.05, 3.63) is 36.4 Å². The topological polar surface area (TPSA) is 0 Å². The fourth-order valence-electron chi connectivity index (χ4n) is 5.86. The van der Waals surface area contributed by atoms with E-state index in [4.69, 9.17) is 0 Å². The molecular weight excluding hydrogens is 436 g/mol. The Kier molecular flexibility index (Phi) is 14.1. The maximum Gasteiger partial charge on any atom is 0.140 e. The third kappa shape index (κ3) is 10.2. The molecule has 36 heavy (non-hydrogen) atoms. The molecule has 0 bridgehead atoms. The number of hydrogen-bond acceptors (Lipinski definition) is 0. The lowest BCUT2D eigenvalue weighted by atomic mass is 10.0. The highest BCUT2D eigenvalue weighted by Crippen LogP contribution is 2.37. The van der Waals surface area contributed by atoms with Crippen LogP contribution < -0.4 is 8.97 Å². The van der Waals surface area contributed by atoms with Gasteiger partial charge in [-0.15, -0.1) is 0 Å². The minimum absolute atomic E-state index is 0.974. The van der Waals surface area contributed by atoms with Crippen molar-refractivity contribution in [2.45, 2.75) is 117 Å². The molecule has 0 aromatic heterocycles. The molecule has 2 aromatic rings. The smallest absolute Gasteiger partial charge is 0.140 e. The van der Waals surface area contributed by atoms with E-state index in [9.17, 15) is 0 Å². The third-order valence-electron chi connectivity index (χ3n) is 8.32. The molecule has 0 aliphatic rings. The first-order chi connectivity index (χ1) is 17.3. The van der Waals surface area contributed by atoms with Gasteiger partial charge in [0, 0.05) is 10.8 Å². The first-order valence-corrected chi connectivity index (χ1v) is 15.5. The number of hydrogen-bond donors (Lipinski definition) is 0. The molecule has 0 N–H and O–H groups in total. The minimum atomic E-state index is 0.974. The predicted octanol–water partition coefficient (Wildman–Crippen LogP) is 10.3. The normalized spacial score (nSPS) is 12.5. The van der Waals surface area contributed by atoms with Crippen LogP contribution in [0.2, 0.25) is 0 Å². The number of quaternary nitrogens is 2. The highest BCUT2D eigenvalue weighted by atomic mass is 15.3.